The normalized spacial score (nSPS) is 18.8. The highest BCUT2D eigenvalue weighted by Gasteiger charge is 2.36. The van der Waals surface area contributed by atoms with Gasteiger partial charge >= 0.3 is 0 Å². The fourth-order valence-electron chi connectivity index (χ4n) is 5.49. The minimum atomic E-state index is -0.958. The molecule has 1 saturated carbocycles. The Morgan fingerprint density at radius 3 is 2.71 bits per heavy atom. The summed E-state index contributed by atoms with van der Waals surface area (Å²) < 4.78 is 12.7. The minimum Gasteiger partial charge on any atom is -0.504 e. The number of carbonyl (C=O) groups is 2. The second kappa shape index (κ2) is 11.8. The summed E-state index contributed by atoms with van der Waals surface area (Å²) in [6.07, 6.45) is 6.66. The van der Waals surface area contributed by atoms with Crippen LogP contribution in [0.1, 0.15) is 56.6 Å². The first kappa shape index (κ1) is 26.0. The molecule has 2 N–H and O–H groups in total. The van der Waals surface area contributed by atoms with Gasteiger partial charge in [-0.05, 0) is 55.5 Å². The lowest BCUT2D eigenvalue weighted by atomic mass is 9.94. The molecule has 3 aromatic rings. The van der Waals surface area contributed by atoms with Crippen LogP contribution in [0, 0.1) is 0 Å². The molecule has 0 bridgehead atoms. The van der Waals surface area contributed by atoms with Crippen LogP contribution in [-0.4, -0.2) is 69.2 Å². The van der Waals surface area contributed by atoms with Crippen molar-refractivity contribution in [2.24, 2.45) is 0 Å². The first-order valence-corrected chi connectivity index (χ1v) is 13.4. The first-order valence-electron chi connectivity index (χ1n) is 13.4. The van der Waals surface area contributed by atoms with Crippen molar-refractivity contribution >= 4 is 22.8 Å². The van der Waals surface area contributed by atoms with Crippen molar-refractivity contribution in [2.45, 2.75) is 69.7 Å². The molecule has 10 heteroatoms. The molecular formula is C28H35N5O5. The number of rotatable bonds is 9. The number of para-hydroxylation sites is 1. The second-order valence-electron chi connectivity index (χ2n) is 10.1. The van der Waals surface area contributed by atoms with Crippen molar-refractivity contribution in [3.8, 4) is 11.5 Å². The van der Waals surface area contributed by atoms with Crippen LogP contribution in [0.3, 0.4) is 0 Å². The Balaban J connectivity index is 1.50. The monoisotopic (exact) mass is 521 g/mol. The lowest BCUT2D eigenvalue weighted by Gasteiger charge is -2.34. The van der Waals surface area contributed by atoms with Gasteiger partial charge in [0, 0.05) is 19.2 Å². The summed E-state index contributed by atoms with van der Waals surface area (Å²) >= 11 is 0. The van der Waals surface area contributed by atoms with Gasteiger partial charge < -0.3 is 24.8 Å². The van der Waals surface area contributed by atoms with E-state index >= 15 is 0 Å². The summed E-state index contributed by atoms with van der Waals surface area (Å²) in [6, 6.07) is 11.4. The molecule has 202 valence electrons. The number of methoxy groups -OCH3 is 1. The van der Waals surface area contributed by atoms with E-state index in [0.29, 0.717) is 23.4 Å². The zero-order valence-electron chi connectivity index (χ0n) is 21.7. The predicted molar refractivity (Wildman–Crippen MR) is 141 cm³/mol. The molecule has 1 aliphatic heterocycles. The van der Waals surface area contributed by atoms with Crippen LogP contribution in [0.15, 0.2) is 42.5 Å². The van der Waals surface area contributed by atoms with E-state index in [9.17, 15) is 14.7 Å². The van der Waals surface area contributed by atoms with E-state index in [1.54, 1.807) is 21.7 Å². The Kier molecular flexibility index (Phi) is 8.07. The van der Waals surface area contributed by atoms with Crippen molar-refractivity contribution in [2.75, 3.05) is 20.3 Å². The third-order valence-electron chi connectivity index (χ3n) is 7.48. The van der Waals surface area contributed by atoms with Crippen molar-refractivity contribution in [1.29, 1.82) is 0 Å². The zero-order chi connectivity index (χ0) is 26.5. The molecule has 1 aromatic heterocycles. The molecule has 2 amide bonds. The Hall–Kier alpha value is -3.66. The number of aromatic hydroxyl groups is 1. The van der Waals surface area contributed by atoms with E-state index in [-0.39, 0.29) is 42.8 Å². The number of nitrogens with zero attached hydrogens (tertiary/aromatic N) is 4. The molecule has 5 rings (SSSR count). The van der Waals surface area contributed by atoms with E-state index in [1.165, 1.54) is 13.2 Å². The molecule has 1 aliphatic carbocycles. The summed E-state index contributed by atoms with van der Waals surface area (Å²) in [4.78, 5) is 29.5. The van der Waals surface area contributed by atoms with Crippen LogP contribution in [-0.2, 0) is 20.9 Å². The average Bonchev–Trinajstić information content (AvgIpc) is 3.59. The van der Waals surface area contributed by atoms with Gasteiger partial charge in [-0.15, -0.1) is 5.10 Å². The number of benzene rings is 2. The topological polar surface area (TPSA) is 119 Å². The maximum absolute atomic E-state index is 14.0. The third kappa shape index (κ3) is 5.75. The molecule has 2 heterocycles. The van der Waals surface area contributed by atoms with E-state index in [0.717, 1.165) is 50.5 Å². The SMILES string of the molecule is COc1ccc([C@H](C(=O)NC2CCCCC2)N(C[C@H]2CCCO2)C(=O)Cn2nnc3ccccc32)cc1O. The van der Waals surface area contributed by atoms with Gasteiger partial charge in [0.25, 0.3) is 0 Å². The Morgan fingerprint density at radius 2 is 1.97 bits per heavy atom. The number of fused-ring (bicyclic) bond motifs is 1. The van der Waals surface area contributed by atoms with Gasteiger partial charge in [0.1, 0.15) is 18.1 Å². The summed E-state index contributed by atoms with van der Waals surface area (Å²) in [7, 11) is 1.47. The Labute approximate surface area is 221 Å². The van der Waals surface area contributed by atoms with E-state index in [2.05, 4.69) is 15.6 Å². The molecule has 0 unspecified atom stereocenters. The summed E-state index contributed by atoms with van der Waals surface area (Å²) in [5.41, 5.74) is 1.94. The van der Waals surface area contributed by atoms with Crippen molar-refractivity contribution in [3.63, 3.8) is 0 Å². The van der Waals surface area contributed by atoms with E-state index in [4.69, 9.17) is 9.47 Å². The van der Waals surface area contributed by atoms with Crippen LogP contribution in [0.25, 0.3) is 11.0 Å². The van der Waals surface area contributed by atoms with Gasteiger partial charge in [-0.25, -0.2) is 4.68 Å². The highest BCUT2D eigenvalue weighted by molar-refractivity contribution is 5.89. The molecule has 0 radical (unpaired) electrons. The van der Waals surface area contributed by atoms with Crippen LogP contribution >= 0.6 is 0 Å². The summed E-state index contributed by atoms with van der Waals surface area (Å²) in [5.74, 6) is -0.343. The highest BCUT2D eigenvalue weighted by atomic mass is 16.5. The number of nitrogens with one attached hydrogen (secondary N) is 1. The summed E-state index contributed by atoms with van der Waals surface area (Å²) in [5, 5.41) is 22.1. The maximum Gasteiger partial charge on any atom is 0.247 e. The molecule has 2 aromatic carbocycles. The van der Waals surface area contributed by atoms with Crippen LogP contribution < -0.4 is 10.1 Å². The number of phenols is 1. The van der Waals surface area contributed by atoms with E-state index < -0.39 is 6.04 Å². The average molecular weight is 522 g/mol. The minimum absolute atomic E-state index is 0.0598. The quantitative estimate of drug-likeness (QED) is 0.443. The number of hydrogen-bond donors (Lipinski definition) is 2. The maximum atomic E-state index is 14.0. The lowest BCUT2D eigenvalue weighted by Crippen LogP contribution is -2.49. The molecule has 2 atom stereocenters. The molecule has 1 saturated heterocycles. The molecule has 10 nitrogen and oxygen atoms in total. The fourth-order valence-corrected chi connectivity index (χ4v) is 5.49. The smallest absolute Gasteiger partial charge is 0.247 e. The largest absolute Gasteiger partial charge is 0.504 e. The molecule has 0 spiro atoms. The molecule has 2 aliphatic rings. The van der Waals surface area contributed by atoms with Gasteiger partial charge in [-0.1, -0.05) is 42.7 Å². The Bertz CT molecular complexity index is 1270. The van der Waals surface area contributed by atoms with Crippen molar-refractivity contribution in [3.05, 3.63) is 48.0 Å². The molecule has 38 heavy (non-hydrogen) atoms. The number of hydrogen-bond acceptors (Lipinski definition) is 7. The zero-order valence-corrected chi connectivity index (χ0v) is 21.7. The van der Waals surface area contributed by atoms with Gasteiger partial charge in [0.2, 0.25) is 11.8 Å². The van der Waals surface area contributed by atoms with Crippen LogP contribution in [0.2, 0.25) is 0 Å². The standard InChI is InChI=1S/C28H35N5O5/c1-37-25-14-13-19(16-24(25)34)27(28(36)29-20-8-3-2-4-9-20)32(17-21-10-7-15-38-21)26(35)18-33-23-12-6-5-11-22(23)30-31-33/h5-6,11-14,16,20-21,27,34H,2-4,7-10,15,17-18H2,1H3,(H,29,36)/t21-,27-/m1/s1. The highest BCUT2D eigenvalue weighted by Crippen LogP contribution is 2.33. The van der Waals surface area contributed by atoms with Gasteiger partial charge in [-0.3, -0.25) is 9.59 Å². The number of carbonyl (C=O) groups excluding carboxylic acids is 2. The van der Waals surface area contributed by atoms with E-state index in [1.807, 2.05) is 24.3 Å². The van der Waals surface area contributed by atoms with Gasteiger partial charge in [-0.2, -0.15) is 0 Å². The van der Waals surface area contributed by atoms with Crippen LogP contribution in [0.4, 0.5) is 0 Å². The molecular weight excluding hydrogens is 486 g/mol. The predicted octanol–water partition coefficient (Wildman–Crippen LogP) is 3.34. The second-order valence-corrected chi connectivity index (χ2v) is 10.1. The van der Waals surface area contributed by atoms with Gasteiger partial charge in [0.15, 0.2) is 11.5 Å². The number of amides is 2. The number of phenolic OH excluding ortho intramolecular Hbond substituents is 1. The molecule has 2 fully saturated rings. The fraction of sp³-hybridized carbons (Fsp3) is 0.500. The first-order chi connectivity index (χ1) is 18.5. The number of aromatic nitrogens is 3. The van der Waals surface area contributed by atoms with Crippen LogP contribution in [0.5, 0.6) is 11.5 Å². The van der Waals surface area contributed by atoms with Crippen molar-refractivity contribution < 1.29 is 24.2 Å². The Morgan fingerprint density at radius 1 is 1.16 bits per heavy atom. The summed E-state index contributed by atoms with van der Waals surface area (Å²) in [6.45, 7) is 0.798. The lowest BCUT2D eigenvalue weighted by molar-refractivity contribution is -0.143. The number of ether oxygens (including phenoxy) is 2. The third-order valence-corrected chi connectivity index (χ3v) is 7.48. The van der Waals surface area contributed by atoms with Crippen molar-refractivity contribution in [1.82, 2.24) is 25.2 Å². The van der Waals surface area contributed by atoms with Gasteiger partial charge in [0.05, 0.1) is 18.7 Å².